The van der Waals surface area contributed by atoms with Gasteiger partial charge in [-0.2, -0.15) is 0 Å². The highest BCUT2D eigenvalue weighted by Crippen LogP contribution is 2.47. The van der Waals surface area contributed by atoms with E-state index >= 15 is 0 Å². The molecule has 5 heteroatoms. The van der Waals surface area contributed by atoms with Crippen molar-refractivity contribution in [1.29, 1.82) is 0 Å². The largest absolute Gasteiger partial charge is 0.497 e. The van der Waals surface area contributed by atoms with E-state index in [1.807, 2.05) is 24.3 Å². The zero-order valence-electron chi connectivity index (χ0n) is 13.0. The molecule has 2 fully saturated rings. The Balaban J connectivity index is 1.92. The van der Waals surface area contributed by atoms with Crippen LogP contribution < -0.4 is 4.74 Å². The van der Waals surface area contributed by atoms with E-state index in [0.29, 0.717) is 18.8 Å². The van der Waals surface area contributed by atoms with E-state index in [1.165, 1.54) is 7.11 Å². The minimum Gasteiger partial charge on any atom is -0.497 e. The van der Waals surface area contributed by atoms with Gasteiger partial charge in [-0.25, -0.2) is 4.79 Å². The standard InChI is InChI=1S/C17H21NO4/c1-21-13-7-5-12(6-8-13)16(11-3-4-11)18-14(17(20)22-2)9-10-15(18)19/h5-8,11,14,16H,3-4,9-10H2,1-2H3. The fourth-order valence-corrected chi connectivity index (χ4v) is 3.29. The molecule has 1 saturated heterocycles. The maximum atomic E-state index is 12.4. The molecule has 0 spiro atoms. The van der Waals surface area contributed by atoms with Crippen molar-refractivity contribution in [3.63, 3.8) is 0 Å². The lowest BCUT2D eigenvalue weighted by Crippen LogP contribution is -2.42. The molecule has 22 heavy (non-hydrogen) atoms. The molecule has 5 nitrogen and oxygen atoms in total. The SMILES string of the molecule is COC(=O)C1CCC(=O)N1C(c1ccc(OC)cc1)C1CC1. The van der Waals surface area contributed by atoms with Gasteiger partial charge in [0.2, 0.25) is 5.91 Å². The Morgan fingerprint density at radius 3 is 2.41 bits per heavy atom. The van der Waals surface area contributed by atoms with Crippen LogP contribution in [0.15, 0.2) is 24.3 Å². The number of hydrogen-bond donors (Lipinski definition) is 0. The highest BCUT2D eigenvalue weighted by molar-refractivity contribution is 5.88. The van der Waals surface area contributed by atoms with Crippen molar-refractivity contribution in [2.24, 2.45) is 5.92 Å². The van der Waals surface area contributed by atoms with Crippen LogP contribution in [-0.2, 0) is 14.3 Å². The van der Waals surface area contributed by atoms with Crippen LogP contribution in [0.2, 0.25) is 0 Å². The molecular weight excluding hydrogens is 282 g/mol. The first-order chi connectivity index (χ1) is 10.7. The highest BCUT2D eigenvalue weighted by Gasteiger charge is 2.46. The molecular formula is C17H21NO4. The lowest BCUT2D eigenvalue weighted by Gasteiger charge is -2.32. The Labute approximate surface area is 130 Å². The van der Waals surface area contributed by atoms with Gasteiger partial charge in [-0.05, 0) is 42.9 Å². The van der Waals surface area contributed by atoms with E-state index in [2.05, 4.69) is 0 Å². The number of carbonyl (C=O) groups is 2. The van der Waals surface area contributed by atoms with Crippen molar-refractivity contribution in [3.8, 4) is 5.75 Å². The van der Waals surface area contributed by atoms with Gasteiger partial charge in [-0.3, -0.25) is 4.79 Å². The van der Waals surface area contributed by atoms with Gasteiger partial charge in [0.15, 0.2) is 0 Å². The number of likely N-dealkylation sites (tertiary alicyclic amines) is 1. The van der Waals surface area contributed by atoms with Crippen LogP contribution in [0.3, 0.4) is 0 Å². The number of carbonyl (C=O) groups excluding carboxylic acids is 2. The number of amides is 1. The molecule has 1 aromatic carbocycles. The van der Waals surface area contributed by atoms with E-state index in [0.717, 1.165) is 24.2 Å². The average Bonchev–Trinajstić information content (AvgIpc) is 3.31. The summed E-state index contributed by atoms with van der Waals surface area (Å²) in [6, 6.07) is 7.29. The van der Waals surface area contributed by atoms with Crippen LogP contribution in [0.5, 0.6) is 5.75 Å². The molecule has 1 heterocycles. The number of methoxy groups -OCH3 is 2. The van der Waals surface area contributed by atoms with Crippen molar-refractivity contribution in [2.75, 3.05) is 14.2 Å². The molecule has 2 atom stereocenters. The third-order valence-electron chi connectivity index (χ3n) is 4.55. The summed E-state index contributed by atoms with van der Waals surface area (Å²) in [5.74, 6) is 0.950. The van der Waals surface area contributed by atoms with Gasteiger partial charge in [0.25, 0.3) is 0 Å². The summed E-state index contributed by atoms with van der Waals surface area (Å²) in [5.41, 5.74) is 1.06. The summed E-state index contributed by atoms with van der Waals surface area (Å²) >= 11 is 0. The molecule has 1 amide bonds. The van der Waals surface area contributed by atoms with E-state index in [-0.39, 0.29) is 17.9 Å². The molecule has 0 radical (unpaired) electrons. The quantitative estimate of drug-likeness (QED) is 0.783. The minimum atomic E-state index is -0.454. The maximum Gasteiger partial charge on any atom is 0.328 e. The molecule has 2 unspecified atom stereocenters. The summed E-state index contributed by atoms with van der Waals surface area (Å²) in [7, 11) is 3.01. The number of esters is 1. The van der Waals surface area contributed by atoms with Crippen LogP contribution in [0.4, 0.5) is 0 Å². The maximum absolute atomic E-state index is 12.4. The first kappa shape index (κ1) is 14.9. The summed E-state index contributed by atoms with van der Waals surface area (Å²) in [6.45, 7) is 0. The van der Waals surface area contributed by atoms with Crippen LogP contribution in [-0.4, -0.2) is 37.0 Å². The van der Waals surface area contributed by atoms with Crippen molar-refractivity contribution >= 4 is 11.9 Å². The minimum absolute atomic E-state index is 0.0370. The second-order valence-electron chi connectivity index (χ2n) is 5.93. The Morgan fingerprint density at radius 2 is 1.86 bits per heavy atom. The second-order valence-corrected chi connectivity index (χ2v) is 5.93. The van der Waals surface area contributed by atoms with Crippen LogP contribution in [0, 0.1) is 5.92 Å². The fraction of sp³-hybridized carbons (Fsp3) is 0.529. The van der Waals surface area contributed by atoms with Gasteiger partial charge < -0.3 is 14.4 Å². The van der Waals surface area contributed by atoms with Gasteiger partial charge in [0.1, 0.15) is 11.8 Å². The Kier molecular flexibility index (Phi) is 4.05. The average molecular weight is 303 g/mol. The Hall–Kier alpha value is -2.04. The molecule has 0 aromatic heterocycles. The van der Waals surface area contributed by atoms with Crippen LogP contribution in [0.1, 0.15) is 37.3 Å². The van der Waals surface area contributed by atoms with Crippen LogP contribution in [0.25, 0.3) is 0 Å². The Morgan fingerprint density at radius 1 is 1.18 bits per heavy atom. The first-order valence-electron chi connectivity index (χ1n) is 7.68. The third-order valence-corrected chi connectivity index (χ3v) is 4.55. The molecule has 3 rings (SSSR count). The molecule has 1 aliphatic carbocycles. The Bertz CT molecular complexity index is 565. The first-order valence-corrected chi connectivity index (χ1v) is 7.68. The lowest BCUT2D eigenvalue weighted by atomic mass is 9.99. The van der Waals surface area contributed by atoms with Crippen molar-refractivity contribution in [1.82, 2.24) is 4.90 Å². The summed E-state index contributed by atoms with van der Waals surface area (Å²) in [4.78, 5) is 26.1. The van der Waals surface area contributed by atoms with Crippen LogP contribution >= 0.6 is 0 Å². The molecule has 1 aliphatic heterocycles. The topological polar surface area (TPSA) is 55.8 Å². The summed E-state index contributed by atoms with van der Waals surface area (Å²) < 4.78 is 10.1. The fourth-order valence-electron chi connectivity index (χ4n) is 3.29. The molecule has 0 N–H and O–H groups in total. The number of rotatable bonds is 5. The highest BCUT2D eigenvalue weighted by atomic mass is 16.5. The van der Waals surface area contributed by atoms with E-state index in [1.54, 1.807) is 12.0 Å². The predicted octanol–water partition coefficient (Wildman–Crippen LogP) is 2.31. The van der Waals surface area contributed by atoms with E-state index < -0.39 is 6.04 Å². The molecule has 1 saturated carbocycles. The second kappa shape index (κ2) is 5.99. The molecule has 1 aromatic rings. The predicted molar refractivity (Wildman–Crippen MR) is 80.3 cm³/mol. The molecule has 2 aliphatic rings. The van der Waals surface area contributed by atoms with Gasteiger partial charge in [0.05, 0.1) is 20.3 Å². The van der Waals surface area contributed by atoms with Crippen molar-refractivity contribution in [3.05, 3.63) is 29.8 Å². The van der Waals surface area contributed by atoms with Gasteiger partial charge in [0, 0.05) is 6.42 Å². The number of hydrogen-bond acceptors (Lipinski definition) is 4. The normalized spacial score (nSPS) is 22.5. The smallest absolute Gasteiger partial charge is 0.328 e. The van der Waals surface area contributed by atoms with E-state index in [4.69, 9.17) is 9.47 Å². The number of ether oxygens (including phenoxy) is 2. The number of benzene rings is 1. The zero-order chi connectivity index (χ0) is 15.7. The van der Waals surface area contributed by atoms with Gasteiger partial charge >= 0.3 is 5.97 Å². The third kappa shape index (κ3) is 2.67. The summed E-state index contributed by atoms with van der Waals surface area (Å²) in [5, 5.41) is 0. The molecule has 0 bridgehead atoms. The van der Waals surface area contributed by atoms with Gasteiger partial charge in [-0.15, -0.1) is 0 Å². The number of nitrogens with zero attached hydrogens (tertiary/aromatic N) is 1. The zero-order valence-corrected chi connectivity index (χ0v) is 13.0. The van der Waals surface area contributed by atoms with Crippen molar-refractivity contribution < 1.29 is 19.1 Å². The molecule has 118 valence electrons. The van der Waals surface area contributed by atoms with Crippen molar-refractivity contribution in [2.45, 2.75) is 37.8 Å². The summed E-state index contributed by atoms with van der Waals surface area (Å²) in [6.07, 6.45) is 3.15. The van der Waals surface area contributed by atoms with E-state index in [9.17, 15) is 9.59 Å². The monoisotopic (exact) mass is 303 g/mol. The van der Waals surface area contributed by atoms with Gasteiger partial charge in [-0.1, -0.05) is 12.1 Å². The lowest BCUT2D eigenvalue weighted by molar-refractivity contribution is -0.151.